The number of carbonyl (C=O) groups is 1. The molecule has 2 rings (SSSR count). The zero-order valence-electron chi connectivity index (χ0n) is 10.5. The molecular weight excluding hydrogens is 317 g/mol. The van der Waals surface area contributed by atoms with Crippen LogP contribution in [0.3, 0.4) is 0 Å². The third-order valence-electron chi connectivity index (χ3n) is 2.35. The predicted octanol–water partition coefficient (Wildman–Crippen LogP) is 3.90. The molecule has 0 fully saturated rings. The fourth-order valence-electron chi connectivity index (χ4n) is 1.38. The van der Waals surface area contributed by atoms with Gasteiger partial charge in [-0.2, -0.15) is 0 Å². The Kier molecular flexibility index (Phi) is 5.23. The van der Waals surface area contributed by atoms with E-state index in [9.17, 15) is 4.79 Å². The number of amides is 1. The Morgan fingerprint density at radius 3 is 2.80 bits per heavy atom. The van der Waals surface area contributed by atoms with Crippen molar-refractivity contribution >= 4 is 46.7 Å². The molecule has 4 nitrogen and oxygen atoms in total. The van der Waals surface area contributed by atoms with Crippen LogP contribution < -0.4 is 5.32 Å². The summed E-state index contributed by atoms with van der Waals surface area (Å²) in [5.74, 6) is 0.104. The number of pyridine rings is 2. The average Bonchev–Trinajstić information content (AvgIpc) is 2.43. The second-order valence-electron chi connectivity index (χ2n) is 3.90. The van der Waals surface area contributed by atoms with E-state index in [2.05, 4.69) is 15.3 Å². The molecule has 1 N–H and O–H groups in total. The molecule has 1 atom stereocenters. The fourth-order valence-corrected chi connectivity index (χ4v) is 2.61. The first-order valence-corrected chi connectivity index (χ1v) is 7.39. The van der Waals surface area contributed by atoms with Gasteiger partial charge in [0.25, 0.3) is 0 Å². The van der Waals surface area contributed by atoms with Crippen molar-refractivity contribution in [1.29, 1.82) is 0 Å². The molecular formula is C13H11Cl2N3OS. The molecule has 2 heterocycles. The molecule has 1 amide bonds. The van der Waals surface area contributed by atoms with Crippen LogP contribution in [0.2, 0.25) is 10.0 Å². The number of nitrogens with one attached hydrogen (secondary N) is 1. The summed E-state index contributed by atoms with van der Waals surface area (Å²) in [6.45, 7) is 1.79. The number of rotatable bonds is 4. The summed E-state index contributed by atoms with van der Waals surface area (Å²) in [5.41, 5.74) is 0. The Labute approximate surface area is 130 Å². The summed E-state index contributed by atoms with van der Waals surface area (Å²) in [7, 11) is 0. The number of nitrogens with zero attached hydrogens (tertiary/aromatic N) is 2. The molecule has 0 saturated carbocycles. The van der Waals surface area contributed by atoms with Crippen LogP contribution in [0.15, 0.2) is 41.7 Å². The normalized spacial score (nSPS) is 11.9. The number of thioether (sulfide) groups is 1. The summed E-state index contributed by atoms with van der Waals surface area (Å²) in [4.78, 5) is 20.2. The van der Waals surface area contributed by atoms with Gasteiger partial charge in [-0.05, 0) is 25.1 Å². The van der Waals surface area contributed by atoms with E-state index in [1.54, 1.807) is 13.1 Å². The van der Waals surface area contributed by atoms with E-state index in [1.807, 2.05) is 18.2 Å². The highest BCUT2D eigenvalue weighted by molar-refractivity contribution is 8.00. The van der Waals surface area contributed by atoms with Crippen LogP contribution in [-0.4, -0.2) is 21.1 Å². The number of carbonyl (C=O) groups excluding carboxylic acids is 1. The average molecular weight is 328 g/mol. The molecule has 20 heavy (non-hydrogen) atoms. The molecule has 0 saturated heterocycles. The van der Waals surface area contributed by atoms with Gasteiger partial charge >= 0.3 is 0 Å². The van der Waals surface area contributed by atoms with Gasteiger partial charge < -0.3 is 5.32 Å². The van der Waals surface area contributed by atoms with E-state index in [1.165, 1.54) is 24.0 Å². The second kappa shape index (κ2) is 6.92. The maximum atomic E-state index is 12.1. The Morgan fingerprint density at radius 1 is 1.35 bits per heavy atom. The molecule has 0 radical (unpaired) electrons. The maximum Gasteiger partial charge on any atom is 0.238 e. The number of aromatic nitrogens is 2. The third-order valence-corrected chi connectivity index (χ3v) is 3.90. The molecule has 0 aromatic carbocycles. The molecule has 7 heteroatoms. The van der Waals surface area contributed by atoms with Crippen molar-refractivity contribution < 1.29 is 4.79 Å². The molecule has 0 bridgehead atoms. The first-order chi connectivity index (χ1) is 9.56. The first-order valence-electron chi connectivity index (χ1n) is 5.76. The van der Waals surface area contributed by atoms with Crippen LogP contribution in [0.25, 0.3) is 0 Å². The Morgan fingerprint density at radius 2 is 2.15 bits per heavy atom. The van der Waals surface area contributed by atoms with Gasteiger partial charge in [-0.15, -0.1) is 0 Å². The number of hydrogen-bond acceptors (Lipinski definition) is 4. The SMILES string of the molecule is C[C@@H](Sc1ccccn1)C(=O)Nc1ncc(Cl)cc1Cl. The largest absolute Gasteiger partial charge is 0.308 e. The Balaban J connectivity index is 2.01. The summed E-state index contributed by atoms with van der Waals surface area (Å²) < 4.78 is 0. The van der Waals surface area contributed by atoms with Crippen molar-refractivity contribution in [1.82, 2.24) is 9.97 Å². The zero-order valence-corrected chi connectivity index (χ0v) is 12.8. The summed E-state index contributed by atoms with van der Waals surface area (Å²) in [6.07, 6.45) is 3.12. The topological polar surface area (TPSA) is 54.9 Å². The van der Waals surface area contributed by atoms with E-state index in [4.69, 9.17) is 23.2 Å². The minimum atomic E-state index is -0.321. The number of halogens is 2. The lowest BCUT2D eigenvalue weighted by Crippen LogP contribution is -2.23. The molecule has 0 aliphatic heterocycles. The zero-order chi connectivity index (χ0) is 14.5. The fraction of sp³-hybridized carbons (Fsp3) is 0.154. The monoisotopic (exact) mass is 327 g/mol. The van der Waals surface area contributed by atoms with Crippen molar-refractivity contribution in [2.24, 2.45) is 0 Å². The lowest BCUT2D eigenvalue weighted by molar-refractivity contribution is -0.115. The van der Waals surface area contributed by atoms with Crippen molar-refractivity contribution in [2.45, 2.75) is 17.2 Å². The van der Waals surface area contributed by atoms with Crippen LogP contribution in [-0.2, 0) is 4.79 Å². The highest BCUT2D eigenvalue weighted by Crippen LogP contribution is 2.25. The van der Waals surface area contributed by atoms with E-state index in [0.29, 0.717) is 15.9 Å². The highest BCUT2D eigenvalue weighted by Gasteiger charge is 2.16. The summed E-state index contributed by atoms with van der Waals surface area (Å²) in [6, 6.07) is 7.08. The number of hydrogen-bond donors (Lipinski definition) is 1. The summed E-state index contributed by atoms with van der Waals surface area (Å²) >= 11 is 13.1. The molecule has 2 aromatic rings. The van der Waals surface area contributed by atoms with Crippen molar-refractivity contribution in [3.8, 4) is 0 Å². The van der Waals surface area contributed by atoms with Gasteiger partial charge in [-0.25, -0.2) is 9.97 Å². The van der Waals surface area contributed by atoms with Crippen molar-refractivity contribution in [3.63, 3.8) is 0 Å². The van der Waals surface area contributed by atoms with Gasteiger partial charge in [0, 0.05) is 12.4 Å². The predicted molar refractivity (Wildman–Crippen MR) is 82.4 cm³/mol. The standard InChI is InChI=1S/C13H11Cl2N3OS/c1-8(20-11-4-2-3-5-16-11)13(19)18-12-10(15)6-9(14)7-17-12/h2-8H,1H3,(H,17,18,19)/t8-/m1/s1. The van der Waals surface area contributed by atoms with Crippen LogP contribution in [0.4, 0.5) is 5.82 Å². The maximum absolute atomic E-state index is 12.1. The van der Waals surface area contributed by atoms with E-state index in [-0.39, 0.29) is 11.2 Å². The van der Waals surface area contributed by atoms with Crippen molar-refractivity contribution in [2.75, 3.05) is 5.32 Å². The third kappa shape index (κ3) is 4.10. The van der Waals surface area contributed by atoms with Crippen LogP contribution in [0.1, 0.15) is 6.92 Å². The molecule has 0 aliphatic rings. The molecule has 0 spiro atoms. The van der Waals surface area contributed by atoms with Gasteiger partial charge in [0.1, 0.15) is 0 Å². The molecule has 0 aliphatic carbocycles. The highest BCUT2D eigenvalue weighted by atomic mass is 35.5. The van der Waals surface area contributed by atoms with E-state index in [0.717, 1.165) is 5.03 Å². The lowest BCUT2D eigenvalue weighted by atomic mass is 10.4. The first kappa shape index (κ1) is 15.1. The summed E-state index contributed by atoms with van der Waals surface area (Å²) in [5, 5.41) is 3.86. The molecule has 2 aromatic heterocycles. The van der Waals surface area contributed by atoms with Crippen LogP contribution >= 0.6 is 35.0 Å². The minimum absolute atomic E-state index is 0.197. The van der Waals surface area contributed by atoms with E-state index < -0.39 is 0 Å². The Hall–Kier alpha value is -1.30. The van der Waals surface area contributed by atoms with Gasteiger partial charge in [-0.1, -0.05) is 41.0 Å². The van der Waals surface area contributed by atoms with Gasteiger partial charge in [-0.3, -0.25) is 4.79 Å². The molecule has 104 valence electrons. The van der Waals surface area contributed by atoms with Crippen LogP contribution in [0.5, 0.6) is 0 Å². The Bertz CT molecular complexity index is 610. The number of anilines is 1. The minimum Gasteiger partial charge on any atom is -0.308 e. The molecule has 0 unspecified atom stereocenters. The van der Waals surface area contributed by atoms with Gasteiger partial charge in [0.2, 0.25) is 5.91 Å². The second-order valence-corrected chi connectivity index (χ2v) is 6.11. The van der Waals surface area contributed by atoms with E-state index >= 15 is 0 Å². The van der Waals surface area contributed by atoms with Gasteiger partial charge in [0.15, 0.2) is 5.82 Å². The quantitative estimate of drug-likeness (QED) is 0.865. The van der Waals surface area contributed by atoms with Gasteiger partial charge in [0.05, 0.1) is 20.3 Å². The van der Waals surface area contributed by atoms with Crippen LogP contribution in [0, 0.1) is 0 Å². The lowest BCUT2D eigenvalue weighted by Gasteiger charge is -2.11. The van der Waals surface area contributed by atoms with Crippen molar-refractivity contribution in [3.05, 3.63) is 46.7 Å². The smallest absolute Gasteiger partial charge is 0.238 e.